The molecular weight excluding hydrogens is 553 g/mol. The van der Waals surface area contributed by atoms with Gasteiger partial charge in [-0.2, -0.15) is 13.2 Å². The fourth-order valence-electron chi connectivity index (χ4n) is 4.07. The van der Waals surface area contributed by atoms with Crippen molar-refractivity contribution in [3.63, 3.8) is 0 Å². The first-order chi connectivity index (χ1) is 18.2. The van der Waals surface area contributed by atoms with Gasteiger partial charge in [0.25, 0.3) is 5.91 Å². The van der Waals surface area contributed by atoms with Gasteiger partial charge >= 0.3 is 6.18 Å². The summed E-state index contributed by atoms with van der Waals surface area (Å²) >= 11 is 0.995. The van der Waals surface area contributed by atoms with Crippen LogP contribution in [0.3, 0.4) is 0 Å². The van der Waals surface area contributed by atoms with Crippen LogP contribution >= 0.6 is 11.3 Å². The van der Waals surface area contributed by atoms with Gasteiger partial charge in [0.05, 0.1) is 28.1 Å². The normalized spacial score (nSPS) is 13.2. The van der Waals surface area contributed by atoms with Gasteiger partial charge < -0.3 is 15.4 Å². The van der Waals surface area contributed by atoms with Crippen molar-refractivity contribution in [2.24, 2.45) is 5.73 Å². The summed E-state index contributed by atoms with van der Waals surface area (Å²) in [6.07, 6.45) is -4.10. The average Bonchev–Trinajstić information content (AvgIpc) is 3.46. The number of alkyl halides is 3. The quantitative estimate of drug-likeness (QED) is 0.288. The highest BCUT2D eigenvalue weighted by molar-refractivity contribution is 7.90. The fourth-order valence-corrected chi connectivity index (χ4v) is 6.47. The van der Waals surface area contributed by atoms with E-state index in [4.69, 9.17) is 10.5 Å². The summed E-state index contributed by atoms with van der Waals surface area (Å²) in [5.41, 5.74) is 6.41. The summed E-state index contributed by atoms with van der Waals surface area (Å²) in [6, 6.07) is 11.7. The first-order valence-electron chi connectivity index (χ1n) is 11.8. The number of thiophene rings is 1. The van der Waals surface area contributed by atoms with Crippen LogP contribution in [0.1, 0.15) is 39.4 Å². The van der Waals surface area contributed by atoms with E-state index in [1.165, 1.54) is 37.5 Å². The van der Waals surface area contributed by atoms with Crippen LogP contribution in [0.2, 0.25) is 0 Å². The van der Waals surface area contributed by atoms with E-state index in [-0.39, 0.29) is 27.7 Å². The van der Waals surface area contributed by atoms with Crippen molar-refractivity contribution in [3.05, 3.63) is 76.4 Å². The maximum Gasteiger partial charge on any atom is 0.416 e. The maximum atomic E-state index is 13.5. The number of halogens is 3. The molecule has 0 saturated heterocycles. The molecule has 1 amide bonds. The number of aromatic nitrogens is 2. The Hall–Kier alpha value is -3.42. The van der Waals surface area contributed by atoms with Crippen molar-refractivity contribution in [2.75, 3.05) is 26.4 Å². The Bertz CT molecular complexity index is 1610. The molecule has 4 aromatic rings. The largest absolute Gasteiger partial charge is 0.484 e. The third-order valence-electron chi connectivity index (χ3n) is 6.00. The Morgan fingerprint density at radius 3 is 2.56 bits per heavy atom. The lowest BCUT2D eigenvalue weighted by Gasteiger charge is -2.19. The van der Waals surface area contributed by atoms with Crippen molar-refractivity contribution in [3.8, 4) is 10.8 Å². The molecule has 0 spiro atoms. The molecule has 0 aliphatic heterocycles. The number of primary amides is 1. The average molecular weight is 581 g/mol. The van der Waals surface area contributed by atoms with Crippen LogP contribution in [0.25, 0.3) is 16.0 Å². The van der Waals surface area contributed by atoms with Crippen LogP contribution in [-0.4, -0.2) is 55.2 Å². The lowest BCUT2D eigenvalue weighted by atomic mass is 10.0. The Balaban J connectivity index is 1.67. The SMILES string of the molecule is C[C@@H](Oc1cc(-n2cnc3ccc(CS(=O)(=O)CCN(C)C)cc32)sc1C(N)=O)c1ccccc1C(F)(F)F. The zero-order valence-electron chi connectivity index (χ0n) is 21.4. The van der Waals surface area contributed by atoms with E-state index in [1.807, 2.05) is 0 Å². The molecule has 13 heteroatoms. The maximum absolute atomic E-state index is 13.5. The molecule has 2 aromatic carbocycles. The van der Waals surface area contributed by atoms with Gasteiger partial charge in [-0.1, -0.05) is 24.3 Å². The molecule has 39 heavy (non-hydrogen) atoms. The van der Waals surface area contributed by atoms with Gasteiger partial charge in [0.1, 0.15) is 28.1 Å². The van der Waals surface area contributed by atoms with Crippen LogP contribution in [-0.2, 0) is 21.8 Å². The third-order valence-corrected chi connectivity index (χ3v) is 8.71. The minimum Gasteiger partial charge on any atom is -0.484 e. The van der Waals surface area contributed by atoms with Gasteiger partial charge in [0.2, 0.25) is 0 Å². The Morgan fingerprint density at radius 1 is 1.18 bits per heavy atom. The monoisotopic (exact) mass is 580 g/mol. The number of hydrogen-bond donors (Lipinski definition) is 1. The number of carbonyl (C=O) groups is 1. The lowest BCUT2D eigenvalue weighted by molar-refractivity contribution is -0.139. The topological polar surface area (TPSA) is 108 Å². The highest BCUT2D eigenvalue weighted by Crippen LogP contribution is 2.39. The number of sulfone groups is 1. The zero-order chi connectivity index (χ0) is 28.5. The van der Waals surface area contributed by atoms with E-state index in [0.29, 0.717) is 28.1 Å². The van der Waals surface area contributed by atoms with Gasteiger partial charge in [-0.05, 0) is 44.8 Å². The molecule has 2 N–H and O–H groups in total. The molecule has 0 aliphatic rings. The molecule has 0 aliphatic carbocycles. The second kappa shape index (κ2) is 11.0. The lowest BCUT2D eigenvalue weighted by Crippen LogP contribution is -2.22. The van der Waals surface area contributed by atoms with Gasteiger partial charge in [0.15, 0.2) is 9.84 Å². The Kier molecular flexibility index (Phi) is 8.05. The van der Waals surface area contributed by atoms with Crippen LogP contribution < -0.4 is 10.5 Å². The minimum absolute atomic E-state index is 0.0144. The predicted octanol–water partition coefficient (Wildman–Crippen LogP) is 4.82. The smallest absolute Gasteiger partial charge is 0.416 e. The summed E-state index contributed by atoms with van der Waals surface area (Å²) in [7, 11) is 0.245. The number of nitrogens with two attached hydrogens (primary N) is 1. The molecule has 0 fully saturated rings. The number of ether oxygens (including phenoxy) is 1. The number of imidazole rings is 1. The van der Waals surface area contributed by atoms with Crippen molar-refractivity contribution in [1.82, 2.24) is 14.5 Å². The van der Waals surface area contributed by atoms with Crippen LogP contribution in [0.5, 0.6) is 5.75 Å². The zero-order valence-corrected chi connectivity index (χ0v) is 23.0. The number of amides is 1. The molecule has 0 bridgehead atoms. The molecule has 2 heterocycles. The Labute approximate surface area is 227 Å². The van der Waals surface area contributed by atoms with Crippen molar-refractivity contribution in [1.29, 1.82) is 0 Å². The van der Waals surface area contributed by atoms with E-state index < -0.39 is 33.6 Å². The van der Waals surface area contributed by atoms with Crippen LogP contribution in [0.15, 0.2) is 54.9 Å². The molecule has 0 radical (unpaired) electrons. The summed E-state index contributed by atoms with van der Waals surface area (Å²) < 4.78 is 73.2. The standard InChI is InChI=1S/C26H27F3N4O4S2/c1-16(18-6-4-5-7-19(18)26(27,28)29)37-22-13-23(38-24(22)25(30)34)33-15-31-20-9-8-17(12-21(20)33)14-39(35,36)11-10-32(2)3/h4-9,12-13,15-16H,10-11,14H2,1-3H3,(H2,30,34)/t16-/m1/s1. The first-order valence-corrected chi connectivity index (χ1v) is 14.5. The summed E-state index contributed by atoms with van der Waals surface area (Å²) in [6.45, 7) is 1.87. The molecule has 0 unspecified atom stereocenters. The number of benzene rings is 2. The van der Waals surface area contributed by atoms with Gasteiger partial charge in [-0.3, -0.25) is 9.36 Å². The number of nitrogens with zero attached hydrogens (tertiary/aromatic N) is 3. The summed E-state index contributed by atoms with van der Waals surface area (Å²) in [4.78, 5) is 18.4. The number of fused-ring (bicyclic) bond motifs is 1. The fraction of sp³-hybridized carbons (Fsp3) is 0.308. The molecule has 4 rings (SSSR count). The molecular formula is C26H27F3N4O4S2. The highest BCUT2D eigenvalue weighted by atomic mass is 32.2. The van der Waals surface area contributed by atoms with Crippen molar-refractivity contribution < 1.29 is 31.1 Å². The van der Waals surface area contributed by atoms with Gasteiger partial charge in [-0.25, -0.2) is 13.4 Å². The molecule has 8 nitrogen and oxygen atoms in total. The first kappa shape index (κ1) is 28.6. The van der Waals surface area contributed by atoms with E-state index in [9.17, 15) is 26.4 Å². The van der Waals surface area contributed by atoms with E-state index >= 15 is 0 Å². The molecule has 208 valence electrons. The number of carbonyl (C=O) groups excluding carboxylic acids is 1. The molecule has 0 saturated carbocycles. The van der Waals surface area contributed by atoms with Crippen molar-refractivity contribution >= 4 is 38.1 Å². The van der Waals surface area contributed by atoms with Crippen molar-refractivity contribution in [2.45, 2.75) is 25.0 Å². The highest BCUT2D eigenvalue weighted by Gasteiger charge is 2.35. The predicted molar refractivity (Wildman–Crippen MR) is 144 cm³/mol. The van der Waals surface area contributed by atoms with E-state index in [1.54, 1.807) is 41.8 Å². The van der Waals surface area contributed by atoms with Gasteiger partial charge in [0, 0.05) is 18.2 Å². The molecule has 1 atom stereocenters. The second-order valence-corrected chi connectivity index (χ2v) is 12.5. The van der Waals surface area contributed by atoms with Crippen LogP contribution in [0.4, 0.5) is 13.2 Å². The third kappa shape index (κ3) is 6.60. The second-order valence-electron chi connectivity index (χ2n) is 9.32. The Morgan fingerprint density at radius 2 is 1.90 bits per heavy atom. The van der Waals surface area contributed by atoms with Gasteiger partial charge in [-0.15, -0.1) is 11.3 Å². The minimum atomic E-state index is -4.58. The number of rotatable bonds is 10. The summed E-state index contributed by atoms with van der Waals surface area (Å²) in [5.74, 6) is -0.893. The van der Waals surface area contributed by atoms with Crippen LogP contribution in [0, 0.1) is 0 Å². The number of hydrogen-bond acceptors (Lipinski definition) is 7. The summed E-state index contributed by atoms with van der Waals surface area (Å²) in [5, 5.41) is 0.477. The molecule has 2 aromatic heterocycles. The van der Waals surface area contributed by atoms with E-state index in [2.05, 4.69) is 4.98 Å². The van der Waals surface area contributed by atoms with E-state index in [0.717, 1.165) is 17.4 Å².